The number of thiazole rings is 1. The summed E-state index contributed by atoms with van der Waals surface area (Å²) in [7, 11) is 3.54. The zero-order valence-corrected chi connectivity index (χ0v) is 17.9. The van der Waals surface area contributed by atoms with E-state index in [1.165, 1.54) is 0 Å². The minimum atomic E-state index is -0.432. The summed E-state index contributed by atoms with van der Waals surface area (Å²) in [5.74, 6) is 0.771. The lowest BCUT2D eigenvalue weighted by Gasteiger charge is -2.10. The highest BCUT2D eigenvalue weighted by Crippen LogP contribution is 2.23. The van der Waals surface area contributed by atoms with Crippen molar-refractivity contribution in [2.45, 2.75) is 6.92 Å². The van der Waals surface area contributed by atoms with Gasteiger partial charge in [0, 0.05) is 24.3 Å². The molecule has 0 radical (unpaired) electrons. The number of methoxy groups -OCH3 is 1. The second-order valence-electron chi connectivity index (χ2n) is 6.42. The highest BCUT2D eigenvalue weighted by Gasteiger charge is 2.06. The normalized spacial score (nSPS) is 11.8. The number of aryl methyl sites for hydroxylation is 1. The third-order valence-electron chi connectivity index (χ3n) is 4.19. The van der Waals surface area contributed by atoms with Crippen LogP contribution in [0.2, 0.25) is 0 Å². The minimum Gasteiger partial charge on any atom is -0.496 e. The maximum absolute atomic E-state index is 11.4. The van der Waals surface area contributed by atoms with Crippen LogP contribution in [-0.4, -0.2) is 37.1 Å². The highest BCUT2D eigenvalue weighted by atomic mass is 32.1. The zero-order chi connectivity index (χ0) is 21.5. The first-order valence-corrected chi connectivity index (χ1v) is 10.1. The van der Waals surface area contributed by atoms with E-state index >= 15 is 0 Å². The number of ether oxygens (including phenoxy) is 3. The second-order valence-corrected chi connectivity index (χ2v) is 7.43. The quantitative estimate of drug-likeness (QED) is 0.181. The fourth-order valence-electron chi connectivity index (χ4n) is 2.62. The van der Waals surface area contributed by atoms with E-state index in [2.05, 4.69) is 28.9 Å². The van der Waals surface area contributed by atoms with Gasteiger partial charge in [0.15, 0.2) is 0 Å². The largest absolute Gasteiger partial charge is 0.496 e. The number of nitrogens with zero attached hydrogens (tertiary/aromatic N) is 3. The second kappa shape index (κ2) is 9.89. The Morgan fingerprint density at radius 2 is 2.03 bits per heavy atom. The Morgan fingerprint density at radius 3 is 2.77 bits per heavy atom. The lowest BCUT2D eigenvalue weighted by molar-refractivity contribution is -0.139. The molecule has 0 atom stereocenters. The van der Waals surface area contributed by atoms with Crippen LogP contribution in [0.25, 0.3) is 10.2 Å². The Kier molecular flexibility index (Phi) is 7.03. The summed E-state index contributed by atoms with van der Waals surface area (Å²) in [6, 6.07) is 13.5. The van der Waals surface area contributed by atoms with Gasteiger partial charge >= 0.3 is 5.97 Å². The van der Waals surface area contributed by atoms with Gasteiger partial charge in [0.2, 0.25) is 4.80 Å². The summed E-state index contributed by atoms with van der Waals surface area (Å²) < 4.78 is 19.2. The van der Waals surface area contributed by atoms with Gasteiger partial charge in [-0.25, -0.2) is 4.79 Å². The molecule has 156 valence electrons. The number of aromatic nitrogens is 1. The molecule has 1 heterocycles. The van der Waals surface area contributed by atoms with E-state index in [4.69, 9.17) is 14.2 Å². The van der Waals surface area contributed by atoms with Crippen LogP contribution in [-0.2, 0) is 16.6 Å². The molecule has 0 saturated carbocycles. The Hall–Kier alpha value is -3.39. The van der Waals surface area contributed by atoms with Crippen LogP contribution in [0.3, 0.4) is 0 Å². The Balaban J connectivity index is 1.68. The zero-order valence-electron chi connectivity index (χ0n) is 17.1. The number of para-hydroxylation sites is 1. The standard InChI is InChI=1S/C22H23N3O4S/c1-15(2)21(26)29-12-11-28-17-10-9-16(19(13-17)27-4)14-23-24-22-25(3)18-7-5-6-8-20(18)30-22/h5-10,13-14H,1,11-12H2,2-4H3. The molecule has 1 aromatic heterocycles. The number of benzene rings is 2. The molecule has 0 spiro atoms. The average molecular weight is 426 g/mol. The number of carbonyl (C=O) groups excluding carboxylic acids is 1. The molecule has 0 fully saturated rings. The van der Waals surface area contributed by atoms with Gasteiger partial charge < -0.3 is 18.8 Å². The van der Waals surface area contributed by atoms with Crippen molar-refractivity contribution in [2.24, 2.45) is 17.3 Å². The van der Waals surface area contributed by atoms with Gasteiger partial charge in [-0.1, -0.05) is 30.0 Å². The molecule has 3 aromatic rings. The SMILES string of the molecule is C=C(C)C(=O)OCCOc1ccc(C=NN=c2sc3ccccc3n2C)c(OC)c1. The Morgan fingerprint density at radius 1 is 1.23 bits per heavy atom. The molecule has 3 rings (SSSR count). The lowest BCUT2D eigenvalue weighted by atomic mass is 10.2. The van der Waals surface area contributed by atoms with Gasteiger partial charge in [-0.15, -0.1) is 5.10 Å². The summed E-state index contributed by atoms with van der Waals surface area (Å²) in [4.78, 5) is 12.2. The summed E-state index contributed by atoms with van der Waals surface area (Å²) in [5.41, 5.74) is 2.24. The fourth-order valence-corrected chi connectivity index (χ4v) is 3.60. The van der Waals surface area contributed by atoms with E-state index < -0.39 is 5.97 Å². The third-order valence-corrected chi connectivity index (χ3v) is 5.30. The molecule has 0 aliphatic heterocycles. The minimum absolute atomic E-state index is 0.141. The van der Waals surface area contributed by atoms with Crippen molar-refractivity contribution < 1.29 is 19.0 Å². The van der Waals surface area contributed by atoms with Crippen molar-refractivity contribution in [3.63, 3.8) is 0 Å². The van der Waals surface area contributed by atoms with Crippen LogP contribution in [0, 0.1) is 0 Å². The van der Waals surface area contributed by atoms with Crippen molar-refractivity contribution in [3.8, 4) is 11.5 Å². The van der Waals surface area contributed by atoms with Gasteiger partial charge in [0.05, 0.1) is 23.5 Å². The number of fused-ring (bicyclic) bond motifs is 1. The van der Waals surface area contributed by atoms with Crippen molar-refractivity contribution in [3.05, 3.63) is 65.0 Å². The van der Waals surface area contributed by atoms with Crippen molar-refractivity contribution in [1.82, 2.24) is 4.57 Å². The molecule has 7 nitrogen and oxygen atoms in total. The summed E-state index contributed by atoms with van der Waals surface area (Å²) >= 11 is 1.58. The maximum Gasteiger partial charge on any atom is 0.333 e. The predicted molar refractivity (Wildman–Crippen MR) is 118 cm³/mol. The molecule has 0 saturated heterocycles. The van der Waals surface area contributed by atoms with Crippen LogP contribution < -0.4 is 14.3 Å². The van der Waals surface area contributed by atoms with Crippen LogP contribution in [0.4, 0.5) is 0 Å². The molecular weight excluding hydrogens is 402 g/mol. The van der Waals surface area contributed by atoms with Crippen LogP contribution in [0.5, 0.6) is 11.5 Å². The number of rotatable bonds is 8. The predicted octanol–water partition coefficient (Wildman–Crippen LogP) is 3.68. The first-order valence-electron chi connectivity index (χ1n) is 9.24. The first-order chi connectivity index (χ1) is 14.5. The molecule has 0 unspecified atom stereocenters. The van der Waals surface area contributed by atoms with Gasteiger partial charge in [0.1, 0.15) is 24.7 Å². The Bertz CT molecular complexity index is 1160. The first kappa shape index (κ1) is 21.3. The summed E-state index contributed by atoms with van der Waals surface area (Å²) in [5, 5.41) is 8.56. The van der Waals surface area contributed by atoms with Crippen molar-refractivity contribution >= 4 is 33.7 Å². The van der Waals surface area contributed by atoms with Crippen LogP contribution in [0.1, 0.15) is 12.5 Å². The van der Waals surface area contributed by atoms with Crippen molar-refractivity contribution in [2.75, 3.05) is 20.3 Å². The van der Waals surface area contributed by atoms with Gasteiger partial charge in [-0.2, -0.15) is 5.10 Å². The molecule has 30 heavy (non-hydrogen) atoms. The van der Waals surface area contributed by atoms with Gasteiger partial charge in [0.25, 0.3) is 0 Å². The summed E-state index contributed by atoms with van der Waals surface area (Å²) in [6.07, 6.45) is 1.64. The maximum atomic E-state index is 11.4. The van der Waals surface area contributed by atoms with Crippen molar-refractivity contribution in [1.29, 1.82) is 0 Å². The molecule has 0 N–H and O–H groups in total. The van der Waals surface area contributed by atoms with E-state index in [0.29, 0.717) is 17.1 Å². The molecule has 0 bridgehead atoms. The van der Waals surface area contributed by atoms with Crippen LogP contribution >= 0.6 is 11.3 Å². The number of hydrogen-bond acceptors (Lipinski definition) is 7. The smallest absolute Gasteiger partial charge is 0.333 e. The fraction of sp³-hybridized carbons (Fsp3) is 0.227. The van der Waals surface area contributed by atoms with Crippen LogP contribution in [0.15, 0.2) is 64.8 Å². The molecule has 0 aliphatic carbocycles. The molecule has 2 aromatic carbocycles. The molecule has 8 heteroatoms. The molecule has 0 aliphatic rings. The van der Waals surface area contributed by atoms with Gasteiger partial charge in [-0.3, -0.25) is 0 Å². The number of carbonyl (C=O) groups is 1. The van der Waals surface area contributed by atoms with E-state index in [1.807, 2.05) is 29.8 Å². The molecular formula is C22H23N3O4S. The monoisotopic (exact) mass is 425 g/mol. The molecule has 0 amide bonds. The topological polar surface area (TPSA) is 74.4 Å². The van der Waals surface area contributed by atoms with Gasteiger partial charge in [-0.05, 0) is 31.2 Å². The summed E-state index contributed by atoms with van der Waals surface area (Å²) in [6.45, 7) is 5.50. The van der Waals surface area contributed by atoms with E-state index in [9.17, 15) is 4.79 Å². The number of esters is 1. The number of hydrogen-bond donors (Lipinski definition) is 0. The van der Waals surface area contributed by atoms with E-state index in [-0.39, 0.29) is 13.2 Å². The van der Waals surface area contributed by atoms with E-state index in [0.717, 1.165) is 20.6 Å². The average Bonchev–Trinajstić information content (AvgIpc) is 3.07. The Labute approximate surface area is 178 Å². The lowest BCUT2D eigenvalue weighted by Crippen LogP contribution is -2.12. The van der Waals surface area contributed by atoms with E-state index in [1.54, 1.807) is 43.7 Å². The third kappa shape index (κ3) is 5.15. The highest BCUT2D eigenvalue weighted by molar-refractivity contribution is 7.16.